The number of benzene rings is 1. The first kappa shape index (κ1) is 16.8. The second kappa shape index (κ2) is 7.13. The summed E-state index contributed by atoms with van der Waals surface area (Å²) < 4.78 is 6.40. The number of aromatic nitrogens is 1. The highest BCUT2D eigenvalue weighted by atomic mass is 16.5. The molecule has 1 atom stereocenters. The van der Waals surface area contributed by atoms with Crippen molar-refractivity contribution in [2.24, 2.45) is 0 Å². The minimum Gasteiger partial charge on any atom is -0.491 e. The molecule has 0 aliphatic rings. The molecule has 23 heavy (non-hydrogen) atoms. The van der Waals surface area contributed by atoms with Gasteiger partial charge in [0.05, 0.1) is 7.11 Å². The second-order valence-electron chi connectivity index (χ2n) is 5.42. The van der Waals surface area contributed by atoms with Crippen LogP contribution < -0.4 is 15.6 Å². The van der Waals surface area contributed by atoms with Gasteiger partial charge in [0.1, 0.15) is 6.04 Å². The maximum absolute atomic E-state index is 12.6. The number of aryl methyl sites for hydroxylation is 2. The first-order valence-corrected chi connectivity index (χ1v) is 7.64. The largest absolute Gasteiger partial charge is 0.491 e. The van der Waals surface area contributed by atoms with E-state index in [0.29, 0.717) is 0 Å². The van der Waals surface area contributed by atoms with Gasteiger partial charge < -0.3 is 14.6 Å². The molecule has 0 radical (unpaired) electrons. The smallest absolute Gasteiger partial charge is 0.293 e. The summed E-state index contributed by atoms with van der Waals surface area (Å²) >= 11 is 0. The number of anilines is 1. The molecule has 0 fully saturated rings. The predicted molar refractivity (Wildman–Crippen MR) is 91.2 cm³/mol. The Morgan fingerprint density at radius 3 is 2.70 bits per heavy atom. The lowest BCUT2D eigenvalue weighted by atomic mass is 10.1. The van der Waals surface area contributed by atoms with Crippen LogP contribution in [0.15, 0.2) is 41.3 Å². The molecule has 0 aliphatic heterocycles. The van der Waals surface area contributed by atoms with Crippen LogP contribution in [0.2, 0.25) is 0 Å². The zero-order chi connectivity index (χ0) is 17.0. The summed E-state index contributed by atoms with van der Waals surface area (Å²) in [4.78, 5) is 24.8. The lowest BCUT2D eigenvalue weighted by molar-refractivity contribution is -0.118. The average Bonchev–Trinajstić information content (AvgIpc) is 2.56. The van der Waals surface area contributed by atoms with Crippen LogP contribution in [0.5, 0.6) is 5.75 Å². The van der Waals surface area contributed by atoms with E-state index in [1.165, 1.54) is 11.7 Å². The van der Waals surface area contributed by atoms with E-state index in [0.717, 1.165) is 23.2 Å². The molecule has 0 aliphatic carbocycles. The zero-order valence-corrected chi connectivity index (χ0v) is 13.9. The number of amides is 1. The average molecular weight is 314 g/mol. The van der Waals surface area contributed by atoms with Crippen molar-refractivity contribution in [2.75, 3.05) is 12.4 Å². The minimum atomic E-state index is -0.637. The van der Waals surface area contributed by atoms with Crippen LogP contribution in [0.4, 0.5) is 5.69 Å². The topological polar surface area (TPSA) is 60.3 Å². The summed E-state index contributed by atoms with van der Waals surface area (Å²) in [5.74, 6) is -0.0124. The van der Waals surface area contributed by atoms with Crippen LogP contribution in [0.1, 0.15) is 31.0 Å². The Kier molecular flexibility index (Phi) is 5.21. The fraction of sp³-hybridized carbons (Fsp3) is 0.333. The van der Waals surface area contributed by atoms with Crippen LogP contribution in [0.25, 0.3) is 0 Å². The van der Waals surface area contributed by atoms with E-state index in [2.05, 4.69) is 5.32 Å². The van der Waals surface area contributed by atoms with Gasteiger partial charge in [0.15, 0.2) is 5.75 Å². The van der Waals surface area contributed by atoms with Gasteiger partial charge in [-0.3, -0.25) is 9.59 Å². The van der Waals surface area contributed by atoms with Gasteiger partial charge in [0, 0.05) is 11.9 Å². The maximum Gasteiger partial charge on any atom is 0.293 e. The van der Waals surface area contributed by atoms with Crippen LogP contribution >= 0.6 is 0 Å². The van der Waals surface area contributed by atoms with E-state index in [1.54, 1.807) is 25.3 Å². The van der Waals surface area contributed by atoms with Gasteiger partial charge in [0.2, 0.25) is 5.91 Å². The highest BCUT2D eigenvalue weighted by Gasteiger charge is 2.19. The fourth-order valence-corrected chi connectivity index (χ4v) is 2.51. The van der Waals surface area contributed by atoms with Gasteiger partial charge >= 0.3 is 0 Å². The van der Waals surface area contributed by atoms with Crippen molar-refractivity contribution in [2.45, 2.75) is 33.2 Å². The second-order valence-corrected chi connectivity index (χ2v) is 5.42. The molecule has 1 aromatic carbocycles. The Morgan fingerprint density at radius 2 is 2.04 bits per heavy atom. The van der Waals surface area contributed by atoms with Crippen LogP contribution in [0, 0.1) is 6.92 Å². The van der Waals surface area contributed by atoms with Gasteiger partial charge in [0.25, 0.3) is 5.56 Å². The third-order valence-electron chi connectivity index (χ3n) is 3.94. The van der Waals surface area contributed by atoms with Gasteiger partial charge in [-0.2, -0.15) is 0 Å². The van der Waals surface area contributed by atoms with E-state index < -0.39 is 6.04 Å². The molecule has 122 valence electrons. The summed E-state index contributed by atoms with van der Waals surface area (Å²) in [5.41, 5.74) is 2.58. The van der Waals surface area contributed by atoms with Crippen molar-refractivity contribution < 1.29 is 9.53 Å². The molecule has 1 aromatic heterocycles. The molecule has 2 aromatic rings. The minimum absolute atomic E-state index is 0.220. The molecule has 2 rings (SSSR count). The molecule has 0 saturated carbocycles. The van der Waals surface area contributed by atoms with E-state index >= 15 is 0 Å². The Hall–Kier alpha value is -2.56. The van der Waals surface area contributed by atoms with E-state index in [1.807, 2.05) is 32.0 Å². The number of hydrogen-bond donors (Lipinski definition) is 1. The lowest BCUT2D eigenvalue weighted by Crippen LogP contribution is -2.32. The molecule has 1 heterocycles. The van der Waals surface area contributed by atoms with E-state index in [9.17, 15) is 9.59 Å². The molecular formula is C18H22N2O3. The first-order chi connectivity index (χ1) is 11.0. The highest BCUT2D eigenvalue weighted by Crippen LogP contribution is 2.22. The lowest BCUT2D eigenvalue weighted by Gasteiger charge is -2.18. The van der Waals surface area contributed by atoms with Crippen molar-refractivity contribution in [3.63, 3.8) is 0 Å². The van der Waals surface area contributed by atoms with Gasteiger partial charge in [-0.1, -0.05) is 25.1 Å². The van der Waals surface area contributed by atoms with Crippen LogP contribution in [0.3, 0.4) is 0 Å². The number of para-hydroxylation sites is 1. The highest BCUT2D eigenvalue weighted by molar-refractivity contribution is 5.94. The quantitative estimate of drug-likeness (QED) is 0.923. The summed E-state index contributed by atoms with van der Waals surface area (Å²) in [6, 6.07) is 8.55. The van der Waals surface area contributed by atoms with Crippen molar-refractivity contribution >= 4 is 11.6 Å². The third-order valence-corrected chi connectivity index (χ3v) is 3.94. The van der Waals surface area contributed by atoms with Gasteiger partial charge in [-0.15, -0.1) is 0 Å². The molecule has 0 saturated heterocycles. The van der Waals surface area contributed by atoms with Gasteiger partial charge in [-0.25, -0.2) is 0 Å². The first-order valence-electron chi connectivity index (χ1n) is 7.64. The normalized spacial score (nSPS) is 11.8. The number of nitrogens with one attached hydrogen (secondary N) is 1. The fourth-order valence-electron chi connectivity index (χ4n) is 2.51. The molecule has 1 amide bonds. The SMILES string of the molecule is CCc1cccc(C)c1NC(=O)C(C)n1cccc(OC)c1=O. The van der Waals surface area contributed by atoms with Crippen molar-refractivity contribution in [3.8, 4) is 5.75 Å². The Labute approximate surface area is 135 Å². The number of nitrogens with zero attached hydrogens (tertiary/aromatic N) is 1. The van der Waals surface area contributed by atoms with Gasteiger partial charge in [-0.05, 0) is 43.5 Å². The number of hydrogen-bond acceptors (Lipinski definition) is 3. The van der Waals surface area contributed by atoms with Crippen molar-refractivity contribution in [3.05, 3.63) is 58.0 Å². The molecule has 0 spiro atoms. The molecule has 1 unspecified atom stereocenters. The summed E-state index contributed by atoms with van der Waals surface area (Å²) in [6.45, 7) is 5.69. The Balaban J connectivity index is 2.30. The standard InChI is InChI=1S/C18H22N2O3/c1-5-14-9-6-8-12(2)16(14)19-17(21)13(3)20-11-7-10-15(23-4)18(20)22/h6-11,13H,5H2,1-4H3,(H,19,21). The Morgan fingerprint density at radius 1 is 1.30 bits per heavy atom. The summed E-state index contributed by atoms with van der Waals surface area (Å²) in [7, 11) is 1.44. The van der Waals surface area contributed by atoms with E-state index in [4.69, 9.17) is 4.74 Å². The maximum atomic E-state index is 12.6. The van der Waals surface area contributed by atoms with Crippen LogP contribution in [-0.2, 0) is 11.2 Å². The number of carbonyl (C=O) groups is 1. The summed E-state index contributed by atoms with van der Waals surface area (Å²) in [6.07, 6.45) is 2.42. The monoisotopic (exact) mass is 314 g/mol. The zero-order valence-electron chi connectivity index (χ0n) is 13.9. The molecular weight excluding hydrogens is 292 g/mol. The number of methoxy groups -OCH3 is 1. The molecule has 0 bridgehead atoms. The molecule has 5 nitrogen and oxygen atoms in total. The number of carbonyl (C=O) groups excluding carboxylic acids is 1. The molecule has 5 heteroatoms. The molecule has 1 N–H and O–H groups in total. The number of rotatable bonds is 5. The number of ether oxygens (including phenoxy) is 1. The third kappa shape index (κ3) is 3.44. The summed E-state index contributed by atoms with van der Waals surface area (Å²) in [5, 5.41) is 2.95. The van der Waals surface area contributed by atoms with Crippen LogP contribution in [-0.4, -0.2) is 17.6 Å². The van der Waals surface area contributed by atoms with E-state index in [-0.39, 0.29) is 17.2 Å². The van der Waals surface area contributed by atoms with Crippen molar-refractivity contribution in [1.29, 1.82) is 0 Å². The predicted octanol–water partition coefficient (Wildman–Crippen LogP) is 2.93. The van der Waals surface area contributed by atoms with Crippen molar-refractivity contribution in [1.82, 2.24) is 4.57 Å². The Bertz CT molecular complexity index is 765. The number of pyridine rings is 1.